The first-order chi connectivity index (χ1) is 9.47. The van der Waals surface area contributed by atoms with Crippen LogP contribution in [0, 0.1) is 18.3 Å². The normalized spacial score (nSPS) is 10.1. The van der Waals surface area contributed by atoms with Gasteiger partial charge in [-0.25, -0.2) is 4.79 Å². The molecule has 0 amide bonds. The number of hydrogen-bond donors (Lipinski definition) is 1. The molecule has 102 valence electrons. The van der Waals surface area contributed by atoms with Crippen LogP contribution in [0.4, 0.5) is 5.69 Å². The number of nitrogens with zero attached hydrogens (tertiary/aromatic N) is 2. The Morgan fingerprint density at radius 2 is 2.15 bits per heavy atom. The van der Waals surface area contributed by atoms with E-state index in [0.29, 0.717) is 10.7 Å². The fourth-order valence-electron chi connectivity index (χ4n) is 1.97. The molecule has 0 bridgehead atoms. The van der Waals surface area contributed by atoms with Crippen molar-refractivity contribution in [1.82, 2.24) is 4.57 Å². The fourth-order valence-corrected chi connectivity index (χ4v) is 2.26. The summed E-state index contributed by atoms with van der Waals surface area (Å²) < 4.78 is 6.23. The highest BCUT2D eigenvalue weighted by molar-refractivity contribution is 6.30. The third kappa shape index (κ3) is 2.33. The Labute approximate surface area is 121 Å². The summed E-state index contributed by atoms with van der Waals surface area (Å²) >= 11 is 6.02. The molecule has 0 atom stereocenters. The van der Waals surface area contributed by atoms with Gasteiger partial charge in [-0.3, -0.25) is 0 Å². The molecule has 1 heterocycles. The molecule has 0 saturated heterocycles. The number of aromatic nitrogens is 1. The van der Waals surface area contributed by atoms with E-state index < -0.39 is 5.97 Å². The van der Waals surface area contributed by atoms with Gasteiger partial charge in [-0.1, -0.05) is 11.6 Å². The van der Waals surface area contributed by atoms with Gasteiger partial charge in [0.05, 0.1) is 18.4 Å². The Hall–Kier alpha value is -2.45. The lowest BCUT2D eigenvalue weighted by Crippen LogP contribution is -2.11. The van der Waals surface area contributed by atoms with E-state index in [9.17, 15) is 4.79 Å². The van der Waals surface area contributed by atoms with E-state index >= 15 is 0 Å². The van der Waals surface area contributed by atoms with Crippen molar-refractivity contribution in [1.29, 1.82) is 5.26 Å². The number of esters is 1. The van der Waals surface area contributed by atoms with Crippen molar-refractivity contribution in [2.24, 2.45) is 0 Å². The Bertz CT molecular complexity index is 709. The van der Waals surface area contributed by atoms with Crippen molar-refractivity contribution in [3.8, 4) is 11.8 Å². The van der Waals surface area contributed by atoms with E-state index in [4.69, 9.17) is 27.3 Å². The average Bonchev–Trinajstić information content (AvgIpc) is 2.73. The van der Waals surface area contributed by atoms with Crippen molar-refractivity contribution in [2.45, 2.75) is 6.92 Å². The first kappa shape index (κ1) is 14.0. The maximum absolute atomic E-state index is 11.9. The molecule has 0 aliphatic carbocycles. The molecule has 6 heteroatoms. The number of nitrogens with two attached hydrogens (primary N) is 1. The monoisotopic (exact) mass is 289 g/mol. The number of nitriles is 1. The highest BCUT2D eigenvalue weighted by Gasteiger charge is 2.21. The highest BCUT2D eigenvalue weighted by atomic mass is 35.5. The molecule has 0 aliphatic heterocycles. The minimum atomic E-state index is -0.610. The molecule has 0 radical (unpaired) electrons. The molecule has 0 fully saturated rings. The van der Waals surface area contributed by atoms with E-state index in [0.717, 1.165) is 5.56 Å². The first-order valence-electron chi connectivity index (χ1n) is 5.74. The predicted octanol–water partition coefficient (Wildman–Crippen LogP) is 2.68. The molecule has 1 aromatic heterocycles. The van der Waals surface area contributed by atoms with Crippen LogP contribution >= 0.6 is 11.6 Å². The van der Waals surface area contributed by atoms with E-state index in [1.165, 1.54) is 17.9 Å². The smallest absolute Gasteiger partial charge is 0.357 e. The zero-order chi connectivity index (χ0) is 14.9. The number of benzene rings is 1. The zero-order valence-electron chi connectivity index (χ0n) is 11.0. The number of ether oxygens (including phenoxy) is 1. The molecule has 20 heavy (non-hydrogen) atoms. The summed E-state index contributed by atoms with van der Waals surface area (Å²) in [6, 6.07) is 7.25. The molecular formula is C14H12ClN3O2. The van der Waals surface area contributed by atoms with Gasteiger partial charge in [-0.05, 0) is 30.7 Å². The van der Waals surface area contributed by atoms with Crippen molar-refractivity contribution in [3.63, 3.8) is 0 Å². The zero-order valence-corrected chi connectivity index (χ0v) is 11.7. The van der Waals surface area contributed by atoms with Crippen molar-refractivity contribution in [2.75, 3.05) is 12.8 Å². The molecule has 2 rings (SSSR count). The molecule has 2 aromatic rings. The van der Waals surface area contributed by atoms with Crippen LogP contribution in [0.2, 0.25) is 5.02 Å². The molecular weight excluding hydrogens is 278 g/mol. The summed E-state index contributed by atoms with van der Waals surface area (Å²) in [6.07, 6.45) is 1.49. The van der Waals surface area contributed by atoms with Crippen LogP contribution in [0.3, 0.4) is 0 Å². The Morgan fingerprint density at radius 3 is 2.70 bits per heavy atom. The van der Waals surface area contributed by atoms with Gasteiger partial charge in [-0.15, -0.1) is 0 Å². The van der Waals surface area contributed by atoms with Crippen LogP contribution in [0.25, 0.3) is 5.69 Å². The SMILES string of the molecule is COC(=O)c1c(N)c(C#N)cn1-c1cc(C)cc(Cl)c1. The topological polar surface area (TPSA) is 81.0 Å². The number of carbonyl (C=O) groups excluding carboxylic acids is 1. The third-order valence-corrected chi connectivity index (χ3v) is 3.07. The lowest BCUT2D eigenvalue weighted by molar-refractivity contribution is 0.0593. The van der Waals surface area contributed by atoms with E-state index in [-0.39, 0.29) is 16.9 Å². The van der Waals surface area contributed by atoms with Crippen molar-refractivity contribution >= 4 is 23.3 Å². The minimum absolute atomic E-state index is 0.0944. The number of rotatable bonds is 2. The molecule has 1 aromatic carbocycles. The van der Waals surface area contributed by atoms with Gasteiger partial charge >= 0.3 is 5.97 Å². The van der Waals surface area contributed by atoms with E-state index in [2.05, 4.69) is 0 Å². The largest absolute Gasteiger partial charge is 0.464 e. The maximum atomic E-state index is 11.9. The van der Waals surface area contributed by atoms with Gasteiger partial charge in [0.1, 0.15) is 6.07 Å². The Kier molecular flexibility index (Phi) is 3.68. The molecule has 0 aliphatic rings. The number of aryl methyl sites for hydroxylation is 1. The second kappa shape index (κ2) is 5.27. The fraction of sp³-hybridized carbons (Fsp3) is 0.143. The number of anilines is 1. The van der Waals surface area contributed by atoms with Crippen LogP contribution in [0.15, 0.2) is 24.4 Å². The van der Waals surface area contributed by atoms with Gasteiger partial charge in [-0.2, -0.15) is 5.26 Å². The van der Waals surface area contributed by atoms with Gasteiger partial charge in [0.2, 0.25) is 0 Å². The minimum Gasteiger partial charge on any atom is -0.464 e. The summed E-state index contributed by atoms with van der Waals surface area (Å²) in [5, 5.41) is 9.57. The van der Waals surface area contributed by atoms with Gasteiger partial charge < -0.3 is 15.0 Å². The van der Waals surface area contributed by atoms with E-state index in [1.807, 2.05) is 19.1 Å². The molecule has 2 N–H and O–H groups in total. The average molecular weight is 290 g/mol. The summed E-state index contributed by atoms with van der Waals surface area (Å²) in [5.74, 6) is -0.610. The van der Waals surface area contributed by atoms with Crippen molar-refractivity contribution < 1.29 is 9.53 Å². The van der Waals surface area contributed by atoms with Gasteiger partial charge in [0, 0.05) is 16.9 Å². The van der Waals surface area contributed by atoms with Crippen LogP contribution in [-0.4, -0.2) is 17.6 Å². The molecule has 0 spiro atoms. The molecule has 5 nitrogen and oxygen atoms in total. The summed E-state index contributed by atoms with van der Waals surface area (Å²) in [4.78, 5) is 11.9. The second-order valence-corrected chi connectivity index (χ2v) is 4.70. The predicted molar refractivity (Wildman–Crippen MR) is 76.0 cm³/mol. The standard InChI is InChI=1S/C14H12ClN3O2/c1-8-3-10(15)5-11(4-8)18-7-9(6-16)12(17)13(18)14(19)20-2/h3-5,7H,17H2,1-2H3. The number of carbonyl (C=O) groups is 1. The third-order valence-electron chi connectivity index (χ3n) is 2.85. The molecule has 0 unspecified atom stereocenters. The Morgan fingerprint density at radius 1 is 1.45 bits per heavy atom. The lowest BCUT2D eigenvalue weighted by Gasteiger charge is -2.09. The van der Waals surface area contributed by atoms with Crippen LogP contribution in [-0.2, 0) is 4.74 Å². The quantitative estimate of drug-likeness (QED) is 0.862. The number of hydrogen-bond acceptors (Lipinski definition) is 4. The number of halogens is 1. The second-order valence-electron chi connectivity index (χ2n) is 4.27. The molecule has 0 saturated carbocycles. The summed E-state index contributed by atoms with van der Waals surface area (Å²) in [7, 11) is 1.26. The Balaban J connectivity index is 2.73. The number of nitrogen functional groups attached to an aromatic ring is 1. The van der Waals surface area contributed by atoms with Crippen LogP contribution in [0.5, 0.6) is 0 Å². The van der Waals surface area contributed by atoms with E-state index in [1.54, 1.807) is 12.1 Å². The van der Waals surface area contributed by atoms with Crippen LogP contribution < -0.4 is 5.73 Å². The van der Waals surface area contributed by atoms with Crippen molar-refractivity contribution in [3.05, 3.63) is 46.2 Å². The van der Waals surface area contributed by atoms with Crippen LogP contribution in [0.1, 0.15) is 21.6 Å². The first-order valence-corrected chi connectivity index (χ1v) is 6.12. The summed E-state index contributed by atoms with van der Waals surface area (Å²) in [5.41, 5.74) is 7.82. The van der Waals surface area contributed by atoms with Gasteiger partial charge in [0.25, 0.3) is 0 Å². The number of methoxy groups -OCH3 is 1. The summed E-state index contributed by atoms with van der Waals surface area (Å²) in [6.45, 7) is 1.88. The highest BCUT2D eigenvalue weighted by Crippen LogP contribution is 2.26. The lowest BCUT2D eigenvalue weighted by atomic mass is 10.2. The van der Waals surface area contributed by atoms with Gasteiger partial charge in [0.15, 0.2) is 5.69 Å². The maximum Gasteiger partial charge on any atom is 0.357 e.